The van der Waals surface area contributed by atoms with Crippen LogP contribution in [0.15, 0.2) is 29.2 Å². The highest BCUT2D eigenvalue weighted by atomic mass is 32.1. The zero-order valence-electron chi connectivity index (χ0n) is 13.7. The van der Waals surface area contributed by atoms with E-state index in [0.29, 0.717) is 17.8 Å². The van der Waals surface area contributed by atoms with Crippen LogP contribution in [0.3, 0.4) is 0 Å². The maximum atomic E-state index is 12.6. The van der Waals surface area contributed by atoms with Crippen LogP contribution in [0, 0.1) is 11.8 Å². The molecule has 2 aliphatic rings. The molecule has 4 nitrogen and oxygen atoms in total. The fourth-order valence-corrected chi connectivity index (χ4v) is 4.81. The van der Waals surface area contributed by atoms with Crippen LogP contribution in [0.2, 0.25) is 0 Å². The summed E-state index contributed by atoms with van der Waals surface area (Å²) in [5.74, 6) is 1.80. The number of pyridine rings is 1. The predicted octanol–water partition coefficient (Wildman–Crippen LogP) is 3.05. The molecule has 2 aromatic rings. The SMILES string of the molecule is CC(C)CN1C[C@@H]2C[C@H](C1)c1cc(-c3ccns3)cc(=O)n1C2. The number of fused-ring (bicyclic) bond motifs is 4. The van der Waals surface area contributed by atoms with E-state index in [1.54, 1.807) is 12.3 Å². The Bertz CT molecular complexity index is 750. The van der Waals surface area contributed by atoms with Gasteiger partial charge in [0.2, 0.25) is 0 Å². The average Bonchev–Trinajstić information content (AvgIpc) is 3.01. The molecule has 0 N–H and O–H groups in total. The van der Waals surface area contributed by atoms with E-state index in [9.17, 15) is 4.79 Å². The number of aromatic nitrogens is 2. The molecule has 0 amide bonds. The lowest BCUT2D eigenvalue weighted by Crippen LogP contribution is -2.48. The third kappa shape index (κ3) is 2.88. The van der Waals surface area contributed by atoms with Gasteiger partial charge in [0, 0.05) is 55.6 Å². The number of likely N-dealkylation sites (tertiary alicyclic amines) is 1. The van der Waals surface area contributed by atoms with Gasteiger partial charge in [-0.2, -0.15) is 0 Å². The minimum Gasteiger partial charge on any atom is -0.312 e. The molecule has 2 bridgehead atoms. The van der Waals surface area contributed by atoms with Crippen molar-refractivity contribution in [2.75, 3.05) is 19.6 Å². The van der Waals surface area contributed by atoms with Gasteiger partial charge in [0.05, 0.1) is 4.88 Å². The summed E-state index contributed by atoms with van der Waals surface area (Å²) in [7, 11) is 0. The van der Waals surface area contributed by atoms with Crippen molar-refractivity contribution in [1.29, 1.82) is 0 Å². The molecule has 5 heteroatoms. The van der Waals surface area contributed by atoms with Crippen molar-refractivity contribution in [2.24, 2.45) is 11.8 Å². The second-order valence-corrected chi connectivity index (χ2v) is 8.24. The Balaban J connectivity index is 1.71. The van der Waals surface area contributed by atoms with E-state index in [0.717, 1.165) is 36.6 Å². The molecule has 0 radical (unpaired) electrons. The van der Waals surface area contributed by atoms with Gasteiger partial charge < -0.3 is 9.47 Å². The second kappa shape index (κ2) is 5.87. The fourth-order valence-electron chi connectivity index (χ4n) is 4.23. The summed E-state index contributed by atoms with van der Waals surface area (Å²) in [6, 6.07) is 6.01. The molecule has 1 fully saturated rings. The van der Waals surface area contributed by atoms with Crippen LogP contribution in [0.5, 0.6) is 0 Å². The molecular formula is C18H23N3OS. The molecule has 0 spiro atoms. The summed E-state index contributed by atoms with van der Waals surface area (Å²) in [6.45, 7) is 8.82. The monoisotopic (exact) mass is 329 g/mol. The Morgan fingerprint density at radius 3 is 2.91 bits per heavy atom. The molecule has 2 atom stereocenters. The van der Waals surface area contributed by atoms with E-state index in [2.05, 4.69) is 29.2 Å². The summed E-state index contributed by atoms with van der Waals surface area (Å²) in [5, 5.41) is 0. The molecule has 0 unspecified atom stereocenters. The van der Waals surface area contributed by atoms with Crippen LogP contribution < -0.4 is 5.56 Å². The van der Waals surface area contributed by atoms with Crippen LogP contribution in [0.4, 0.5) is 0 Å². The van der Waals surface area contributed by atoms with Gasteiger partial charge in [-0.25, -0.2) is 4.37 Å². The van der Waals surface area contributed by atoms with Crippen LogP contribution in [-0.4, -0.2) is 33.5 Å². The lowest BCUT2D eigenvalue weighted by Gasteiger charge is -2.43. The van der Waals surface area contributed by atoms with E-state index < -0.39 is 0 Å². The topological polar surface area (TPSA) is 38.1 Å². The van der Waals surface area contributed by atoms with Gasteiger partial charge in [0.1, 0.15) is 0 Å². The first-order valence-electron chi connectivity index (χ1n) is 8.48. The number of hydrogen-bond donors (Lipinski definition) is 0. The Kier molecular flexibility index (Phi) is 3.85. The highest BCUT2D eigenvalue weighted by molar-refractivity contribution is 7.09. The number of nitrogens with zero attached hydrogens (tertiary/aromatic N) is 3. The largest absolute Gasteiger partial charge is 0.312 e. The molecule has 0 aliphatic carbocycles. The molecule has 2 aromatic heterocycles. The first-order chi connectivity index (χ1) is 11.1. The molecule has 2 aliphatic heterocycles. The molecular weight excluding hydrogens is 306 g/mol. The van der Waals surface area contributed by atoms with Gasteiger partial charge >= 0.3 is 0 Å². The standard InChI is InChI=1S/C18H23N3OS/c1-12(2)8-20-9-13-5-15(11-20)16-6-14(17-3-4-19-23-17)7-18(22)21(16)10-13/h3-4,6-7,12-13,15H,5,8-11H2,1-2H3/t13-,15+/m0/s1. The molecule has 4 rings (SSSR count). The lowest BCUT2D eigenvalue weighted by molar-refractivity contribution is 0.109. The van der Waals surface area contributed by atoms with E-state index >= 15 is 0 Å². The van der Waals surface area contributed by atoms with Crippen molar-refractivity contribution in [3.05, 3.63) is 40.4 Å². The molecule has 0 aromatic carbocycles. The minimum atomic E-state index is 0.151. The molecule has 4 heterocycles. The second-order valence-electron chi connectivity index (χ2n) is 7.41. The van der Waals surface area contributed by atoms with E-state index in [-0.39, 0.29) is 5.56 Å². The average molecular weight is 329 g/mol. The third-order valence-electron chi connectivity index (χ3n) is 4.98. The maximum Gasteiger partial charge on any atom is 0.251 e. The van der Waals surface area contributed by atoms with Crippen LogP contribution >= 0.6 is 11.5 Å². The predicted molar refractivity (Wildman–Crippen MR) is 93.9 cm³/mol. The molecule has 23 heavy (non-hydrogen) atoms. The molecule has 1 saturated heterocycles. The Morgan fingerprint density at radius 2 is 2.17 bits per heavy atom. The quantitative estimate of drug-likeness (QED) is 0.869. The van der Waals surface area contributed by atoms with Gasteiger partial charge in [0.25, 0.3) is 5.56 Å². The number of hydrogen-bond acceptors (Lipinski definition) is 4. The van der Waals surface area contributed by atoms with Crippen molar-refractivity contribution in [3.63, 3.8) is 0 Å². The van der Waals surface area contributed by atoms with Gasteiger partial charge in [0.15, 0.2) is 0 Å². The van der Waals surface area contributed by atoms with Crippen molar-refractivity contribution >= 4 is 11.5 Å². The summed E-state index contributed by atoms with van der Waals surface area (Å²) < 4.78 is 6.20. The molecule has 0 saturated carbocycles. The summed E-state index contributed by atoms with van der Waals surface area (Å²) in [4.78, 5) is 16.3. The fraction of sp³-hybridized carbons (Fsp3) is 0.556. The van der Waals surface area contributed by atoms with Gasteiger partial charge in [-0.05, 0) is 41.9 Å². The van der Waals surface area contributed by atoms with Crippen molar-refractivity contribution in [1.82, 2.24) is 13.8 Å². The summed E-state index contributed by atoms with van der Waals surface area (Å²) in [6.07, 6.45) is 3.03. The number of piperidine rings is 1. The summed E-state index contributed by atoms with van der Waals surface area (Å²) >= 11 is 1.46. The highest BCUT2D eigenvalue weighted by Gasteiger charge is 2.34. The Hall–Kier alpha value is -1.46. The lowest BCUT2D eigenvalue weighted by atomic mass is 9.82. The van der Waals surface area contributed by atoms with Gasteiger partial charge in [-0.3, -0.25) is 4.79 Å². The third-order valence-corrected chi connectivity index (χ3v) is 5.77. The maximum absolute atomic E-state index is 12.6. The molecule has 122 valence electrons. The van der Waals surface area contributed by atoms with Crippen LogP contribution in [0.25, 0.3) is 10.4 Å². The first kappa shape index (κ1) is 15.1. The number of rotatable bonds is 3. The smallest absolute Gasteiger partial charge is 0.251 e. The zero-order chi connectivity index (χ0) is 16.0. The van der Waals surface area contributed by atoms with Crippen molar-refractivity contribution < 1.29 is 0 Å². The highest BCUT2D eigenvalue weighted by Crippen LogP contribution is 2.37. The van der Waals surface area contributed by atoms with E-state index in [1.807, 2.05) is 10.6 Å². The van der Waals surface area contributed by atoms with Crippen LogP contribution in [0.1, 0.15) is 31.9 Å². The van der Waals surface area contributed by atoms with Crippen LogP contribution in [-0.2, 0) is 6.54 Å². The first-order valence-corrected chi connectivity index (χ1v) is 9.25. The van der Waals surface area contributed by atoms with Crippen molar-refractivity contribution in [3.8, 4) is 10.4 Å². The van der Waals surface area contributed by atoms with Gasteiger partial charge in [-0.1, -0.05) is 13.8 Å². The summed E-state index contributed by atoms with van der Waals surface area (Å²) in [5.41, 5.74) is 2.41. The van der Waals surface area contributed by atoms with E-state index in [4.69, 9.17) is 0 Å². The zero-order valence-corrected chi connectivity index (χ0v) is 14.6. The Labute approximate surface area is 140 Å². The van der Waals surface area contributed by atoms with Gasteiger partial charge in [-0.15, -0.1) is 0 Å². The Morgan fingerprint density at radius 1 is 1.30 bits per heavy atom. The van der Waals surface area contributed by atoms with Crippen molar-refractivity contribution in [2.45, 2.75) is 32.7 Å². The van der Waals surface area contributed by atoms with E-state index in [1.165, 1.54) is 23.6 Å². The normalized spacial score (nSPS) is 24.0. The minimum absolute atomic E-state index is 0.151.